The van der Waals surface area contributed by atoms with E-state index in [0.717, 1.165) is 23.1 Å². The Morgan fingerprint density at radius 3 is 2.54 bits per heavy atom. The second kappa shape index (κ2) is 13.1. The molecule has 15 heteroatoms. The van der Waals surface area contributed by atoms with Crippen molar-refractivity contribution in [2.24, 2.45) is 4.99 Å². The lowest BCUT2D eigenvalue weighted by Gasteiger charge is -2.26. The molecule has 0 saturated carbocycles. The SMILES string of the molecule is COc1ccc(OC)c([C@@H]2C(C(=O)OC(C)C)=C(C)N=c3s/c(=C\c4cc([N+](=O)[O-])ccc4Sc4nc(C)cc(=O)[nH]4)c(=O)n32)c1. The van der Waals surface area contributed by atoms with Gasteiger partial charge in [-0.25, -0.2) is 14.8 Å². The number of benzene rings is 2. The molecule has 3 heterocycles. The number of non-ortho nitro benzene ring substituents is 1. The normalized spacial score (nSPS) is 14.6. The van der Waals surface area contributed by atoms with E-state index in [2.05, 4.69) is 15.0 Å². The van der Waals surface area contributed by atoms with Crippen molar-refractivity contribution >= 4 is 40.8 Å². The van der Waals surface area contributed by atoms with E-state index in [1.54, 1.807) is 45.9 Å². The third-order valence-corrected chi connectivity index (χ3v) is 8.82. The van der Waals surface area contributed by atoms with Crippen LogP contribution in [-0.4, -0.2) is 45.8 Å². The largest absolute Gasteiger partial charge is 0.497 e. The van der Waals surface area contributed by atoms with Crippen molar-refractivity contribution in [2.45, 2.75) is 49.9 Å². The highest BCUT2D eigenvalue weighted by molar-refractivity contribution is 7.99. The minimum absolute atomic E-state index is 0.153. The summed E-state index contributed by atoms with van der Waals surface area (Å²) in [6, 6.07) is 9.63. The Morgan fingerprint density at radius 2 is 1.89 bits per heavy atom. The molecule has 4 aromatic rings. The molecule has 13 nitrogen and oxygen atoms in total. The van der Waals surface area contributed by atoms with E-state index in [1.165, 1.54) is 49.1 Å². The van der Waals surface area contributed by atoms with Gasteiger partial charge in [0.15, 0.2) is 9.96 Å². The van der Waals surface area contributed by atoms with Gasteiger partial charge in [-0.15, -0.1) is 0 Å². The number of aromatic amines is 1. The van der Waals surface area contributed by atoms with Crippen LogP contribution in [0.15, 0.2) is 78.4 Å². The summed E-state index contributed by atoms with van der Waals surface area (Å²) in [6.07, 6.45) is 1.09. The van der Waals surface area contributed by atoms with Crippen molar-refractivity contribution in [3.63, 3.8) is 0 Å². The Labute approximate surface area is 270 Å². The number of thiazole rings is 1. The number of esters is 1. The zero-order valence-corrected chi connectivity index (χ0v) is 27.3. The van der Waals surface area contributed by atoms with E-state index in [9.17, 15) is 24.5 Å². The molecule has 0 amide bonds. The predicted octanol–water partition coefficient (Wildman–Crippen LogP) is 3.66. The first kappa shape index (κ1) is 32.4. The third kappa shape index (κ3) is 6.50. The molecule has 1 N–H and O–H groups in total. The van der Waals surface area contributed by atoms with Gasteiger partial charge >= 0.3 is 5.97 Å². The quantitative estimate of drug-likeness (QED) is 0.121. The van der Waals surface area contributed by atoms with Crippen LogP contribution in [0.3, 0.4) is 0 Å². The Bertz CT molecular complexity index is 2150. The van der Waals surface area contributed by atoms with Crippen LogP contribution in [0.25, 0.3) is 6.08 Å². The van der Waals surface area contributed by atoms with Crippen molar-refractivity contribution in [1.82, 2.24) is 14.5 Å². The number of carbonyl (C=O) groups excluding carboxylic acids is 1. The maximum absolute atomic E-state index is 14.3. The molecule has 0 aliphatic carbocycles. The zero-order chi connectivity index (χ0) is 33.3. The number of hydrogen-bond donors (Lipinski definition) is 1. The summed E-state index contributed by atoms with van der Waals surface area (Å²) in [5.74, 6) is 0.240. The number of H-pyrrole nitrogens is 1. The number of fused-ring (bicyclic) bond motifs is 1. The van der Waals surface area contributed by atoms with Crippen molar-refractivity contribution < 1.29 is 23.9 Å². The first-order valence-electron chi connectivity index (χ1n) is 13.9. The molecule has 0 saturated heterocycles. The van der Waals surface area contributed by atoms with E-state index < -0.39 is 28.6 Å². The smallest absolute Gasteiger partial charge is 0.338 e. The molecule has 0 fully saturated rings. The summed E-state index contributed by atoms with van der Waals surface area (Å²) in [7, 11) is 2.98. The second-order valence-electron chi connectivity index (χ2n) is 10.4. The van der Waals surface area contributed by atoms with Gasteiger partial charge in [0.1, 0.15) is 17.5 Å². The summed E-state index contributed by atoms with van der Waals surface area (Å²) in [5.41, 5.74) is 0.794. The maximum atomic E-state index is 14.3. The number of nitrogens with one attached hydrogen (secondary N) is 1. The number of rotatable bonds is 9. The van der Waals surface area contributed by atoms with Crippen LogP contribution in [0.4, 0.5) is 5.69 Å². The highest BCUT2D eigenvalue weighted by Gasteiger charge is 2.36. The van der Waals surface area contributed by atoms with Crippen LogP contribution >= 0.6 is 23.1 Å². The second-order valence-corrected chi connectivity index (χ2v) is 12.5. The number of nitro groups is 1. The first-order chi connectivity index (χ1) is 21.9. The molecule has 0 bridgehead atoms. The average Bonchev–Trinajstić information content (AvgIpc) is 3.29. The summed E-state index contributed by atoms with van der Waals surface area (Å²) >= 11 is 2.15. The minimum atomic E-state index is -0.991. The van der Waals surface area contributed by atoms with Gasteiger partial charge in [-0.05, 0) is 63.6 Å². The standard InChI is InChI=1S/C31H29N5O8S2/c1-15(2)44-29(39)26-17(4)33-31-35(27(26)21-14-20(42-5)8-9-22(21)43-6)28(38)24(46-31)13-18-12-19(36(40)41)7-10-23(18)45-30-32-16(3)11-25(37)34-30/h7-15,27H,1-6H3,(H,32,34,37)/b24-13-/t27-/m1/s1. The number of nitro benzene ring substituents is 1. The van der Waals surface area contributed by atoms with Crippen molar-refractivity contribution in [3.05, 3.63) is 111 Å². The summed E-state index contributed by atoms with van der Waals surface area (Å²) < 4.78 is 18.3. The lowest BCUT2D eigenvalue weighted by molar-refractivity contribution is -0.384. The highest BCUT2D eigenvalue weighted by atomic mass is 32.2. The highest BCUT2D eigenvalue weighted by Crippen LogP contribution is 2.38. The maximum Gasteiger partial charge on any atom is 0.338 e. The first-order valence-corrected chi connectivity index (χ1v) is 15.5. The van der Waals surface area contributed by atoms with Crippen molar-refractivity contribution in [2.75, 3.05) is 14.2 Å². The van der Waals surface area contributed by atoms with Crippen LogP contribution in [0, 0.1) is 17.0 Å². The molecule has 0 unspecified atom stereocenters. The Morgan fingerprint density at radius 1 is 1.13 bits per heavy atom. The third-order valence-electron chi connectivity index (χ3n) is 6.86. The fourth-order valence-electron chi connectivity index (χ4n) is 4.91. The number of allylic oxidation sites excluding steroid dienone is 1. The molecule has 0 radical (unpaired) electrons. The van der Waals surface area contributed by atoms with E-state index in [1.807, 2.05) is 0 Å². The van der Waals surface area contributed by atoms with Crippen molar-refractivity contribution in [3.8, 4) is 11.5 Å². The number of nitrogens with zero attached hydrogens (tertiary/aromatic N) is 4. The number of carbonyl (C=O) groups is 1. The number of aryl methyl sites for hydroxylation is 1. The monoisotopic (exact) mass is 663 g/mol. The molecule has 238 valence electrons. The number of hydrogen-bond acceptors (Lipinski definition) is 12. The lowest BCUT2D eigenvalue weighted by atomic mass is 9.94. The van der Waals surface area contributed by atoms with Gasteiger partial charge in [0, 0.05) is 34.4 Å². The van der Waals surface area contributed by atoms with Gasteiger partial charge in [0.2, 0.25) is 0 Å². The summed E-state index contributed by atoms with van der Waals surface area (Å²) in [4.78, 5) is 63.4. The predicted molar refractivity (Wildman–Crippen MR) is 171 cm³/mol. The van der Waals surface area contributed by atoms with Crippen LogP contribution < -0.4 is 29.9 Å². The zero-order valence-electron chi connectivity index (χ0n) is 25.6. The number of ether oxygens (including phenoxy) is 3. The van der Waals surface area contributed by atoms with Gasteiger partial charge in [-0.3, -0.25) is 24.3 Å². The van der Waals surface area contributed by atoms with E-state index >= 15 is 0 Å². The van der Waals surface area contributed by atoms with Gasteiger partial charge in [-0.2, -0.15) is 0 Å². The topological polar surface area (TPSA) is 168 Å². The van der Waals surface area contributed by atoms with E-state index in [-0.39, 0.29) is 26.5 Å². The van der Waals surface area contributed by atoms with Crippen LogP contribution in [0.1, 0.15) is 43.6 Å². The Kier molecular flexibility index (Phi) is 9.25. The Balaban J connectivity index is 1.75. The average molecular weight is 664 g/mol. The molecule has 5 rings (SSSR count). The van der Waals surface area contributed by atoms with E-state index in [4.69, 9.17) is 14.2 Å². The molecule has 2 aromatic heterocycles. The van der Waals surface area contributed by atoms with Crippen LogP contribution in [0.5, 0.6) is 11.5 Å². The Hall–Kier alpha value is -5.02. The van der Waals surface area contributed by atoms with Crippen molar-refractivity contribution in [1.29, 1.82) is 0 Å². The lowest BCUT2D eigenvalue weighted by Crippen LogP contribution is -2.40. The van der Waals surface area contributed by atoms with Gasteiger partial charge in [0.05, 0.1) is 41.0 Å². The molecule has 2 aromatic carbocycles. The van der Waals surface area contributed by atoms with Crippen LogP contribution in [0.2, 0.25) is 0 Å². The molecule has 1 aliphatic heterocycles. The number of methoxy groups -OCH3 is 2. The number of aromatic nitrogens is 3. The van der Waals surface area contributed by atoms with Gasteiger partial charge in [0.25, 0.3) is 16.8 Å². The molecule has 0 spiro atoms. The fraction of sp³-hybridized carbons (Fsp3) is 0.258. The van der Waals surface area contributed by atoms with Crippen LogP contribution in [-0.2, 0) is 9.53 Å². The summed E-state index contributed by atoms with van der Waals surface area (Å²) in [6.45, 7) is 6.79. The molecular weight excluding hydrogens is 635 g/mol. The summed E-state index contributed by atoms with van der Waals surface area (Å²) in [5, 5.41) is 12.0. The minimum Gasteiger partial charge on any atom is -0.497 e. The molecule has 1 aliphatic rings. The van der Waals surface area contributed by atoms with E-state index in [0.29, 0.717) is 43.7 Å². The fourth-order valence-corrected chi connectivity index (χ4v) is 6.87. The van der Waals surface area contributed by atoms with Gasteiger partial charge in [-0.1, -0.05) is 23.1 Å². The molecule has 1 atom stereocenters. The van der Waals surface area contributed by atoms with Gasteiger partial charge < -0.3 is 19.2 Å². The molecule has 46 heavy (non-hydrogen) atoms. The molecular formula is C31H29N5O8S2.